The van der Waals surface area contributed by atoms with E-state index in [-0.39, 0.29) is 5.54 Å². The van der Waals surface area contributed by atoms with E-state index >= 15 is 0 Å². The van der Waals surface area contributed by atoms with E-state index in [4.69, 9.17) is 10.5 Å². The summed E-state index contributed by atoms with van der Waals surface area (Å²) in [7, 11) is 1.77. The Balaban J connectivity index is 1.90. The lowest BCUT2D eigenvalue weighted by atomic mass is 9.74. The van der Waals surface area contributed by atoms with Crippen LogP contribution in [-0.4, -0.2) is 20.3 Å². The van der Waals surface area contributed by atoms with Gasteiger partial charge in [0.2, 0.25) is 0 Å². The van der Waals surface area contributed by atoms with Crippen molar-refractivity contribution < 1.29 is 4.74 Å². The molecule has 1 aromatic carbocycles. The second-order valence-corrected chi connectivity index (χ2v) is 8.96. The number of nitrogens with two attached hydrogens (primary N) is 1. The third kappa shape index (κ3) is 4.32. The molecule has 0 amide bonds. The van der Waals surface area contributed by atoms with Crippen LogP contribution in [0.5, 0.6) is 0 Å². The molecule has 3 heteroatoms. The van der Waals surface area contributed by atoms with Crippen LogP contribution in [0.15, 0.2) is 24.3 Å². The van der Waals surface area contributed by atoms with E-state index in [1.165, 1.54) is 55.2 Å². The van der Waals surface area contributed by atoms with Crippen molar-refractivity contribution in [3.8, 4) is 0 Å². The zero-order valence-corrected chi connectivity index (χ0v) is 16.9. The van der Waals surface area contributed by atoms with Crippen LogP contribution in [-0.2, 0) is 10.3 Å². The molecule has 0 radical (unpaired) electrons. The summed E-state index contributed by atoms with van der Waals surface area (Å²) < 4.78 is 5.28. The standard InChI is InChI=1S/C23H36N2O/c1-22(2)13-9-18(10-14-22)20-17-19(7-8-21(20)24)23(25-15-16-26-3)11-5-4-6-12-23/h7-9,17,25H,4-6,10-16,24H2,1-3H3. The average molecular weight is 357 g/mol. The second kappa shape index (κ2) is 8.14. The maximum Gasteiger partial charge on any atom is 0.0587 e. The molecule has 2 aliphatic rings. The first-order valence-electron chi connectivity index (χ1n) is 10.3. The van der Waals surface area contributed by atoms with Crippen molar-refractivity contribution in [3.63, 3.8) is 0 Å². The lowest BCUT2D eigenvalue weighted by molar-refractivity contribution is 0.166. The highest BCUT2D eigenvalue weighted by molar-refractivity contribution is 5.76. The summed E-state index contributed by atoms with van der Waals surface area (Å²) in [6.45, 7) is 6.37. The minimum atomic E-state index is 0.0771. The van der Waals surface area contributed by atoms with Crippen molar-refractivity contribution in [2.45, 2.75) is 70.8 Å². The number of allylic oxidation sites excluding steroid dienone is 2. The Kier molecular flexibility index (Phi) is 6.09. The molecular weight excluding hydrogens is 320 g/mol. The quantitative estimate of drug-likeness (QED) is 0.540. The Morgan fingerprint density at radius 2 is 1.88 bits per heavy atom. The zero-order valence-electron chi connectivity index (χ0n) is 16.9. The van der Waals surface area contributed by atoms with Crippen molar-refractivity contribution in [1.29, 1.82) is 0 Å². The van der Waals surface area contributed by atoms with Gasteiger partial charge in [-0.25, -0.2) is 0 Å². The Bertz CT molecular complexity index is 642. The van der Waals surface area contributed by atoms with Crippen molar-refractivity contribution in [2.24, 2.45) is 5.41 Å². The molecule has 0 spiro atoms. The minimum absolute atomic E-state index is 0.0771. The van der Waals surface area contributed by atoms with Gasteiger partial charge in [0.25, 0.3) is 0 Å². The van der Waals surface area contributed by atoms with E-state index in [0.717, 1.165) is 31.7 Å². The van der Waals surface area contributed by atoms with E-state index in [9.17, 15) is 0 Å². The number of benzene rings is 1. The van der Waals surface area contributed by atoms with Crippen LogP contribution in [0.3, 0.4) is 0 Å². The fourth-order valence-electron chi connectivity index (χ4n) is 4.57. The zero-order chi connectivity index (χ0) is 18.6. The Morgan fingerprint density at radius 3 is 2.54 bits per heavy atom. The van der Waals surface area contributed by atoms with Crippen molar-refractivity contribution >= 4 is 11.3 Å². The smallest absolute Gasteiger partial charge is 0.0587 e. The number of hydrogen-bond acceptors (Lipinski definition) is 3. The molecule has 1 fully saturated rings. The molecular formula is C23H36N2O. The van der Waals surface area contributed by atoms with Crippen LogP contribution >= 0.6 is 0 Å². The summed E-state index contributed by atoms with van der Waals surface area (Å²) in [6, 6.07) is 6.75. The van der Waals surface area contributed by atoms with Crippen LogP contribution in [0.1, 0.15) is 76.3 Å². The molecule has 0 bridgehead atoms. The molecule has 0 saturated heterocycles. The number of rotatable bonds is 6. The molecule has 0 unspecified atom stereocenters. The molecule has 0 aliphatic heterocycles. The van der Waals surface area contributed by atoms with Crippen molar-refractivity contribution in [2.75, 3.05) is 26.0 Å². The molecule has 0 aromatic heterocycles. The van der Waals surface area contributed by atoms with Gasteiger partial charge >= 0.3 is 0 Å². The van der Waals surface area contributed by atoms with Gasteiger partial charge in [0, 0.05) is 30.4 Å². The topological polar surface area (TPSA) is 47.3 Å². The van der Waals surface area contributed by atoms with Gasteiger partial charge in [-0.05, 0) is 60.8 Å². The summed E-state index contributed by atoms with van der Waals surface area (Å²) in [5.41, 5.74) is 11.9. The predicted molar refractivity (Wildman–Crippen MR) is 111 cm³/mol. The number of ether oxygens (including phenoxy) is 1. The second-order valence-electron chi connectivity index (χ2n) is 8.96. The highest BCUT2D eigenvalue weighted by Gasteiger charge is 2.34. The molecule has 3 N–H and O–H groups in total. The van der Waals surface area contributed by atoms with Gasteiger partial charge < -0.3 is 15.8 Å². The predicted octanol–water partition coefficient (Wildman–Crippen LogP) is 5.26. The first kappa shape index (κ1) is 19.4. The monoisotopic (exact) mass is 356 g/mol. The number of nitrogen functional groups attached to an aromatic ring is 1. The molecule has 3 rings (SSSR count). The van der Waals surface area contributed by atoms with Gasteiger partial charge in [-0.15, -0.1) is 0 Å². The summed E-state index contributed by atoms with van der Waals surface area (Å²) in [6.07, 6.45) is 12.2. The molecule has 3 nitrogen and oxygen atoms in total. The minimum Gasteiger partial charge on any atom is -0.398 e. The highest BCUT2D eigenvalue weighted by atomic mass is 16.5. The summed E-state index contributed by atoms with van der Waals surface area (Å²) in [4.78, 5) is 0. The van der Waals surface area contributed by atoms with Crippen LogP contribution in [0.4, 0.5) is 5.69 Å². The van der Waals surface area contributed by atoms with E-state index < -0.39 is 0 Å². The number of nitrogens with one attached hydrogen (secondary N) is 1. The van der Waals surface area contributed by atoms with Crippen molar-refractivity contribution in [3.05, 3.63) is 35.4 Å². The maximum atomic E-state index is 6.40. The third-order valence-corrected chi connectivity index (χ3v) is 6.40. The van der Waals surface area contributed by atoms with Gasteiger partial charge in [0.15, 0.2) is 0 Å². The van der Waals surface area contributed by atoms with Gasteiger partial charge in [-0.1, -0.05) is 45.3 Å². The first-order valence-corrected chi connectivity index (χ1v) is 10.3. The van der Waals surface area contributed by atoms with Crippen molar-refractivity contribution in [1.82, 2.24) is 5.32 Å². The maximum absolute atomic E-state index is 6.40. The Morgan fingerprint density at radius 1 is 1.12 bits per heavy atom. The summed E-state index contributed by atoms with van der Waals surface area (Å²) in [5, 5.41) is 3.83. The van der Waals surface area contributed by atoms with E-state index in [2.05, 4.69) is 43.4 Å². The highest BCUT2D eigenvalue weighted by Crippen LogP contribution is 2.42. The van der Waals surface area contributed by atoms with Crippen LogP contribution < -0.4 is 11.1 Å². The summed E-state index contributed by atoms with van der Waals surface area (Å²) in [5.74, 6) is 0. The molecule has 1 saturated carbocycles. The molecule has 1 aromatic rings. The molecule has 26 heavy (non-hydrogen) atoms. The van der Waals surface area contributed by atoms with Crippen LogP contribution in [0, 0.1) is 5.41 Å². The Labute approximate surface area is 159 Å². The number of methoxy groups -OCH3 is 1. The number of anilines is 1. The SMILES string of the molecule is COCCNC1(c2ccc(N)c(C3=CCC(C)(C)CC3)c2)CCCCC1. The van der Waals surface area contributed by atoms with E-state index in [0.29, 0.717) is 5.41 Å². The van der Waals surface area contributed by atoms with Crippen LogP contribution in [0.2, 0.25) is 0 Å². The van der Waals surface area contributed by atoms with E-state index in [1.54, 1.807) is 7.11 Å². The number of hydrogen-bond donors (Lipinski definition) is 2. The molecule has 144 valence electrons. The average Bonchev–Trinajstić information content (AvgIpc) is 2.63. The van der Waals surface area contributed by atoms with E-state index in [1.807, 2.05) is 0 Å². The largest absolute Gasteiger partial charge is 0.398 e. The normalized spacial score (nSPS) is 22.0. The van der Waals surface area contributed by atoms with Gasteiger partial charge in [-0.2, -0.15) is 0 Å². The molecule has 0 heterocycles. The molecule has 2 aliphatic carbocycles. The van der Waals surface area contributed by atoms with Crippen LogP contribution in [0.25, 0.3) is 5.57 Å². The van der Waals surface area contributed by atoms with Gasteiger partial charge in [-0.3, -0.25) is 0 Å². The van der Waals surface area contributed by atoms with Gasteiger partial charge in [0.1, 0.15) is 0 Å². The fourth-order valence-corrected chi connectivity index (χ4v) is 4.57. The first-order chi connectivity index (χ1) is 12.5. The summed E-state index contributed by atoms with van der Waals surface area (Å²) >= 11 is 0. The lowest BCUT2D eigenvalue weighted by Gasteiger charge is -2.39. The Hall–Kier alpha value is -1.32. The fraction of sp³-hybridized carbons (Fsp3) is 0.652. The lowest BCUT2D eigenvalue weighted by Crippen LogP contribution is -2.45. The third-order valence-electron chi connectivity index (χ3n) is 6.40. The van der Waals surface area contributed by atoms with Gasteiger partial charge in [0.05, 0.1) is 6.61 Å². The molecule has 0 atom stereocenters.